The predicted molar refractivity (Wildman–Crippen MR) is 83.5 cm³/mol. The lowest BCUT2D eigenvalue weighted by Crippen LogP contribution is -2.48. The van der Waals surface area contributed by atoms with Crippen molar-refractivity contribution in [1.82, 2.24) is 10.2 Å². The van der Waals surface area contributed by atoms with E-state index in [0.717, 1.165) is 22.9 Å². The number of hydrogen-bond donors (Lipinski definition) is 0. The zero-order chi connectivity index (χ0) is 14.6. The minimum Gasteiger partial charge on any atom is -0.290 e. The Bertz CT molecular complexity index is 532. The van der Waals surface area contributed by atoms with E-state index in [-0.39, 0.29) is 5.91 Å². The number of nitrogens with zero attached hydrogens (tertiary/aromatic N) is 3. The molecule has 4 aliphatic carbocycles. The summed E-state index contributed by atoms with van der Waals surface area (Å²) in [5.41, 5.74) is 0.292. The van der Waals surface area contributed by atoms with Crippen molar-refractivity contribution in [2.45, 2.75) is 57.3 Å². The number of aromatic nitrogens is 2. The Hall–Kier alpha value is -0.970. The first kappa shape index (κ1) is 13.7. The van der Waals surface area contributed by atoms with Crippen LogP contribution in [0.5, 0.6) is 0 Å². The van der Waals surface area contributed by atoms with E-state index in [1.807, 2.05) is 14.0 Å². The summed E-state index contributed by atoms with van der Waals surface area (Å²) in [6.07, 6.45) is 8.76. The van der Waals surface area contributed by atoms with Crippen molar-refractivity contribution in [1.29, 1.82) is 0 Å². The summed E-state index contributed by atoms with van der Waals surface area (Å²) in [7, 11) is 1.82. The van der Waals surface area contributed by atoms with Crippen LogP contribution in [0.15, 0.2) is 0 Å². The van der Waals surface area contributed by atoms with Crippen molar-refractivity contribution >= 4 is 22.4 Å². The molecule has 0 saturated heterocycles. The molecule has 114 valence electrons. The van der Waals surface area contributed by atoms with Crippen LogP contribution in [0.1, 0.15) is 56.9 Å². The largest absolute Gasteiger partial charge is 0.290 e. The number of anilines is 1. The van der Waals surface area contributed by atoms with Crippen LogP contribution in [0.3, 0.4) is 0 Å². The van der Waals surface area contributed by atoms with Gasteiger partial charge in [0.05, 0.1) is 0 Å². The molecule has 0 unspecified atom stereocenters. The maximum Gasteiger partial charge on any atom is 0.228 e. The van der Waals surface area contributed by atoms with Gasteiger partial charge >= 0.3 is 0 Å². The van der Waals surface area contributed by atoms with Crippen LogP contribution in [-0.2, 0) is 10.2 Å². The third-order valence-electron chi connectivity index (χ3n) is 5.87. The number of rotatable bonds is 3. The molecule has 0 atom stereocenters. The quantitative estimate of drug-likeness (QED) is 0.860. The summed E-state index contributed by atoms with van der Waals surface area (Å²) in [5, 5.41) is 10.8. The topological polar surface area (TPSA) is 46.1 Å². The summed E-state index contributed by atoms with van der Waals surface area (Å²) in [6, 6.07) is 0. The fourth-order valence-electron chi connectivity index (χ4n) is 5.28. The normalized spacial score (nSPS) is 37.0. The van der Waals surface area contributed by atoms with Gasteiger partial charge in [-0.1, -0.05) is 18.3 Å². The molecule has 4 saturated carbocycles. The lowest BCUT2D eigenvalue weighted by molar-refractivity contribution is -0.118. The van der Waals surface area contributed by atoms with Crippen molar-refractivity contribution in [3.8, 4) is 0 Å². The van der Waals surface area contributed by atoms with Crippen LogP contribution in [0, 0.1) is 17.8 Å². The highest BCUT2D eigenvalue weighted by molar-refractivity contribution is 7.15. The average molecular weight is 305 g/mol. The van der Waals surface area contributed by atoms with Gasteiger partial charge in [0.25, 0.3) is 0 Å². The second kappa shape index (κ2) is 4.77. The Morgan fingerprint density at radius 2 is 1.76 bits per heavy atom. The van der Waals surface area contributed by atoms with E-state index in [0.29, 0.717) is 11.8 Å². The van der Waals surface area contributed by atoms with E-state index in [4.69, 9.17) is 0 Å². The van der Waals surface area contributed by atoms with Gasteiger partial charge in [-0.05, 0) is 56.3 Å². The Morgan fingerprint density at radius 3 is 2.29 bits per heavy atom. The molecule has 0 N–H and O–H groups in total. The molecule has 0 radical (unpaired) electrons. The molecule has 4 bridgehead atoms. The Kier molecular flexibility index (Phi) is 3.10. The molecule has 1 aromatic rings. The molecule has 1 aromatic heterocycles. The van der Waals surface area contributed by atoms with Gasteiger partial charge in [0.2, 0.25) is 11.0 Å². The Morgan fingerprint density at radius 1 is 1.19 bits per heavy atom. The van der Waals surface area contributed by atoms with Crippen molar-refractivity contribution < 1.29 is 4.79 Å². The molecule has 1 heterocycles. The molecule has 0 aliphatic heterocycles. The second-order valence-electron chi connectivity index (χ2n) is 7.39. The molecular formula is C16H23N3OS. The number of amides is 1. The summed E-state index contributed by atoms with van der Waals surface area (Å²) in [4.78, 5) is 13.5. The van der Waals surface area contributed by atoms with Gasteiger partial charge < -0.3 is 0 Å². The predicted octanol–water partition coefficient (Wildman–Crippen LogP) is 3.38. The molecule has 5 heteroatoms. The SMILES string of the molecule is CCC(=O)N(C)c1nnc(C23CC4CC(CC(C4)C2)C3)s1. The van der Waals surface area contributed by atoms with E-state index in [9.17, 15) is 4.79 Å². The number of hydrogen-bond acceptors (Lipinski definition) is 4. The molecule has 21 heavy (non-hydrogen) atoms. The summed E-state index contributed by atoms with van der Waals surface area (Å²) in [6.45, 7) is 1.89. The van der Waals surface area contributed by atoms with Gasteiger partial charge in [0.1, 0.15) is 5.01 Å². The van der Waals surface area contributed by atoms with E-state index in [1.165, 1.54) is 43.5 Å². The van der Waals surface area contributed by atoms with Crippen LogP contribution in [0.2, 0.25) is 0 Å². The average Bonchev–Trinajstić information content (AvgIpc) is 2.94. The van der Waals surface area contributed by atoms with Crippen LogP contribution in [0.25, 0.3) is 0 Å². The number of carbonyl (C=O) groups excluding carboxylic acids is 1. The maximum atomic E-state index is 11.8. The molecule has 4 nitrogen and oxygen atoms in total. The third kappa shape index (κ3) is 2.12. The molecule has 0 aromatic carbocycles. The molecular weight excluding hydrogens is 282 g/mol. The second-order valence-corrected chi connectivity index (χ2v) is 8.35. The van der Waals surface area contributed by atoms with Crippen LogP contribution >= 0.6 is 11.3 Å². The lowest BCUT2D eigenvalue weighted by atomic mass is 9.50. The van der Waals surface area contributed by atoms with Crippen LogP contribution in [0.4, 0.5) is 5.13 Å². The minimum atomic E-state index is 0.114. The monoisotopic (exact) mass is 305 g/mol. The first-order valence-electron chi connectivity index (χ1n) is 8.20. The fourth-order valence-corrected chi connectivity index (χ4v) is 6.32. The van der Waals surface area contributed by atoms with Crippen LogP contribution < -0.4 is 4.90 Å². The standard InChI is InChI=1S/C16H23N3OS/c1-3-13(20)19(2)15-18-17-14(21-15)16-7-10-4-11(8-16)6-12(5-10)9-16/h10-12H,3-9H2,1-2H3. The zero-order valence-electron chi connectivity index (χ0n) is 12.8. The smallest absolute Gasteiger partial charge is 0.228 e. The van der Waals surface area contributed by atoms with Gasteiger partial charge in [-0.15, -0.1) is 10.2 Å². The minimum absolute atomic E-state index is 0.114. The third-order valence-corrected chi connectivity index (χ3v) is 7.12. The molecule has 0 spiro atoms. The maximum absolute atomic E-state index is 11.8. The highest BCUT2D eigenvalue weighted by atomic mass is 32.1. The zero-order valence-corrected chi connectivity index (χ0v) is 13.7. The van der Waals surface area contributed by atoms with Gasteiger partial charge in [-0.2, -0.15) is 0 Å². The Balaban J connectivity index is 1.62. The lowest BCUT2D eigenvalue weighted by Gasteiger charge is -2.55. The summed E-state index contributed by atoms with van der Waals surface area (Å²) in [5.74, 6) is 2.86. The summed E-state index contributed by atoms with van der Waals surface area (Å²) < 4.78 is 0. The first-order valence-corrected chi connectivity index (χ1v) is 9.02. The number of carbonyl (C=O) groups is 1. The first-order chi connectivity index (χ1) is 10.1. The van der Waals surface area contributed by atoms with Gasteiger partial charge in [0, 0.05) is 18.9 Å². The van der Waals surface area contributed by atoms with E-state index < -0.39 is 0 Å². The molecule has 1 amide bonds. The van der Waals surface area contributed by atoms with Crippen molar-refractivity contribution in [3.63, 3.8) is 0 Å². The van der Waals surface area contributed by atoms with Gasteiger partial charge in [-0.3, -0.25) is 9.69 Å². The van der Waals surface area contributed by atoms with Crippen molar-refractivity contribution in [3.05, 3.63) is 5.01 Å². The highest BCUT2D eigenvalue weighted by Crippen LogP contribution is 2.61. The van der Waals surface area contributed by atoms with Crippen molar-refractivity contribution in [2.75, 3.05) is 11.9 Å². The fraction of sp³-hybridized carbons (Fsp3) is 0.812. The molecule has 5 rings (SSSR count). The highest BCUT2D eigenvalue weighted by Gasteiger charge is 2.53. The van der Waals surface area contributed by atoms with E-state index in [1.54, 1.807) is 16.2 Å². The van der Waals surface area contributed by atoms with Gasteiger partial charge in [-0.25, -0.2) is 0 Å². The molecule has 4 aliphatic rings. The van der Waals surface area contributed by atoms with E-state index in [2.05, 4.69) is 10.2 Å². The van der Waals surface area contributed by atoms with Gasteiger partial charge in [0.15, 0.2) is 0 Å². The summed E-state index contributed by atoms with van der Waals surface area (Å²) >= 11 is 1.66. The van der Waals surface area contributed by atoms with Crippen LogP contribution in [-0.4, -0.2) is 23.2 Å². The van der Waals surface area contributed by atoms with Crippen molar-refractivity contribution in [2.24, 2.45) is 17.8 Å². The van der Waals surface area contributed by atoms with E-state index >= 15 is 0 Å². The molecule has 4 fully saturated rings. The Labute approximate surface area is 129 Å².